The Morgan fingerprint density at radius 1 is 1.30 bits per heavy atom. The molecule has 1 saturated carbocycles. The van der Waals surface area contributed by atoms with Gasteiger partial charge in [0, 0.05) is 12.1 Å². The summed E-state index contributed by atoms with van der Waals surface area (Å²) in [6.45, 7) is 3.05. The van der Waals surface area contributed by atoms with E-state index in [2.05, 4.69) is 53.7 Å². The number of nitrogens with two attached hydrogens (primary N) is 1. The minimum absolute atomic E-state index is 0.228. The van der Waals surface area contributed by atoms with E-state index >= 15 is 0 Å². The van der Waals surface area contributed by atoms with Crippen LogP contribution in [0, 0.1) is 6.92 Å². The van der Waals surface area contributed by atoms with Crippen LogP contribution in [0.5, 0.6) is 0 Å². The standard InChI is InChI=1S/C16H24N4/c1-12-6-7-13-14(10-12)20(15(17)18-13)11-16(19(2)3)8-4-5-9-16/h6-7,10H,4-5,8-9,11H2,1-3H3,(H2,17,18). The van der Waals surface area contributed by atoms with Crippen molar-refractivity contribution in [2.24, 2.45) is 0 Å². The molecular weight excluding hydrogens is 248 g/mol. The molecule has 1 fully saturated rings. The van der Waals surface area contributed by atoms with Crippen LogP contribution in [0.1, 0.15) is 31.2 Å². The van der Waals surface area contributed by atoms with Gasteiger partial charge in [0.2, 0.25) is 5.95 Å². The smallest absolute Gasteiger partial charge is 0.201 e. The van der Waals surface area contributed by atoms with Crippen molar-refractivity contribution in [1.29, 1.82) is 0 Å². The summed E-state index contributed by atoms with van der Waals surface area (Å²) < 4.78 is 2.20. The van der Waals surface area contributed by atoms with Crippen LogP contribution in [0.25, 0.3) is 11.0 Å². The second-order valence-electron chi connectivity index (χ2n) is 6.37. The summed E-state index contributed by atoms with van der Waals surface area (Å²) in [5.74, 6) is 0.638. The monoisotopic (exact) mass is 272 g/mol. The molecule has 1 aromatic heterocycles. The summed E-state index contributed by atoms with van der Waals surface area (Å²) in [6.07, 6.45) is 5.10. The zero-order chi connectivity index (χ0) is 14.3. The molecule has 0 radical (unpaired) electrons. The highest BCUT2D eigenvalue weighted by atomic mass is 15.2. The van der Waals surface area contributed by atoms with Gasteiger partial charge >= 0.3 is 0 Å². The van der Waals surface area contributed by atoms with Crippen molar-refractivity contribution in [2.75, 3.05) is 19.8 Å². The molecule has 1 aliphatic rings. The van der Waals surface area contributed by atoms with E-state index in [-0.39, 0.29) is 5.54 Å². The number of fused-ring (bicyclic) bond motifs is 1. The van der Waals surface area contributed by atoms with Crippen LogP contribution < -0.4 is 5.73 Å². The molecule has 0 unspecified atom stereocenters. The first-order valence-corrected chi connectivity index (χ1v) is 7.42. The first-order chi connectivity index (χ1) is 9.52. The molecule has 2 aromatic rings. The minimum atomic E-state index is 0.228. The molecule has 1 aromatic carbocycles. The van der Waals surface area contributed by atoms with Gasteiger partial charge in [0.15, 0.2) is 0 Å². The Balaban J connectivity index is 2.05. The third-order valence-electron chi connectivity index (χ3n) is 4.87. The SMILES string of the molecule is Cc1ccc2nc(N)n(CC3(N(C)C)CCCC3)c2c1. The summed E-state index contributed by atoms with van der Waals surface area (Å²) in [5, 5.41) is 0. The molecular formula is C16H24N4. The third-order valence-corrected chi connectivity index (χ3v) is 4.87. The number of hydrogen-bond donors (Lipinski definition) is 1. The Kier molecular flexibility index (Phi) is 3.21. The number of likely N-dealkylation sites (N-methyl/N-ethyl adjacent to an activating group) is 1. The molecule has 1 aliphatic carbocycles. The fourth-order valence-corrected chi connectivity index (χ4v) is 3.49. The van der Waals surface area contributed by atoms with E-state index in [0.29, 0.717) is 5.95 Å². The third kappa shape index (κ3) is 2.08. The Labute approximate surface area is 120 Å². The van der Waals surface area contributed by atoms with Crippen LogP contribution >= 0.6 is 0 Å². The van der Waals surface area contributed by atoms with Gasteiger partial charge in [-0.05, 0) is 51.6 Å². The lowest BCUT2D eigenvalue weighted by Gasteiger charge is -2.37. The Morgan fingerprint density at radius 2 is 2.00 bits per heavy atom. The maximum atomic E-state index is 6.17. The maximum Gasteiger partial charge on any atom is 0.201 e. The maximum absolute atomic E-state index is 6.17. The van der Waals surface area contributed by atoms with Gasteiger partial charge in [-0.3, -0.25) is 0 Å². The lowest BCUT2D eigenvalue weighted by Crippen LogP contribution is -2.45. The van der Waals surface area contributed by atoms with Gasteiger partial charge < -0.3 is 15.2 Å². The first kappa shape index (κ1) is 13.4. The molecule has 1 heterocycles. The van der Waals surface area contributed by atoms with Crippen LogP contribution in [0.4, 0.5) is 5.95 Å². The molecule has 108 valence electrons. The van der Waals surface area contributed by atoms with E-state index in [1.54, 1.807) is 0 Å². The number of benzene rings is 1. The second kappa shape index (κ2) is 4.77. The molecule has 0 saturated heterocycles. The van der Waals surface area contributed by atoms with Crippen molar-refractivity contribution >= 4 is 17.0 Å². The molecule has 2 N–H and O–H groups in total. The number of rotatable bonds is 3. The van der Waals surface area contributed by atoms with Crippen molar-refractivity contribution in [3.05, 3.63) is 23.8 Å². The average molecular weight is 272 g/mol. The number of nitrogens with zero attached hydrogens (tertiary/aromatic N) is 3. The zero-order valence-electron chi connectivity index (χ0n) is 12.7. The largest absolute Gasteiger partial charge is 0.369 e. The van der Waals surface area contributed by atoms with Gasteiger partial charge in [-0.25, -0.2) is 4.98 Å². The number of aryl methyl sites for hydroxylation is 1. The normalized spacial score (nSPS) is 18.2. The van der Waals surface area contributed by atoms with Crippen LogP contribution in [0.15, 0.2) is 18.2 Å². The van der Waals surface area contributed by atoms with Gasteiger partial charge in [-0.15, -0.1) is 0 Å². The van der Waals surface area contributed by atoms with Crippen molar-refractivity contribution in [3.63, 3.8) is 0 Å². The zero-order valence-corrected chi connectivity index (χ0v) is 12.7. The molecule has 4 nitrogen and oxygen atoms in total. The van der Waals surface area contributed by atoms with Crippen molar-refractivity contribution in [2.45, 2.75) is 44.7 Å². The van der Waals surface area contributed by atoms with Gasteiger partial charge in [0.05, 0.1) is 11.0 Å². The Bertz CT molecular complexity index is 621. The minimum Gasteiger partial charge on any atom is -0.369 e. The van der Waals surface area contributed by atoms with Crippen LogP contribution in [0.2, 0.25) is 0 Å². The lowest BCUT2D eigenvalue weighted by atomic mass is 9.96. The first-order valence-electron chi connectivity index (χ1n) is 7.42. The lowest BCUT2D eigenvalue weighted by molar-refractivity contribution is 0.136. The van der Waals surface area contributed by atoms with E-state index in [4.69, 9.17) is 5.73 Å². The quantitative estimate of drug-likeness (QED) is 0.934. The highest BCUT2D eigenvalue weighted by molar-refractivity contribution is 5.79. The number of imidazole rings is 1. The van der Waals surface area contributed by atoms with E-state index in [1.165, 1.54) is 31.2 Å². The molecule has 0 atom stereocenters. The van der Waals surface area contributed by atoms with Gasteiger partial charge in [-0.2, -0.15) is 0 Å². The second-order valence-corrected chi connectivity index (χ2v) is 6.37. The van der Waals surface area contributed by atoms with Crippen LogP contribution in [-0.2, 0) is 6.54 Å². The fourth-order valence-electron chi connectivity index (χ4n) is 3.49. The molecule has 0 bridgehead atoms. The van der Waals surface area contributed by atoms with Crippen molar-refractivity contribution in [1.82, 2.24) is 14.5 Å². The predicted octanol–water partition coefficient (Wildman–Crippen LogP) is 2.80. The van der Waals surface area contributed by atoms with E-state index in [0.717, 1.165) is 17.6 Å². The fraction of sp³-hybridized carbons (Fsp3) is 0.562. The van der Waals surface area contributed by atoms with Crippen molar-refractivity contribution in [3.8, 4) is 0 Å². The summed E-state index contributed by atoms with van der Waals surface area (Å²) >= 11 is 0. The summed E-state index contributed by atoms with van der Waals surface area (Å²) in [7, 11) is 4.37. The Hall–Kier alpha value is -1.55. The van der Waals surface area contributed by atoms with Gasteiger partial charge in [0.25, 0.3) is 0 Å². The number of anilines is 1. The van der Waals surface area contributed by atoms with E-state index < -0.39 is 0 Å². The molecule has 0 amide bonds. The number of aromatic nitrogens is 2. The predicted molar refractivity (Wildman–Crippen MR) is 83.8 cm³/mol. The van der Waals surface area contributed by atoms with Gasteiger partial charge in [0.1, 0.15) is 0 Å². The molecule has 0 spiro atoms. The summed E-state index contributed by atoms with van der Waals surface area (Å²) in [6, 6.07) is 6.35. The molecule has 0 aliphatic heterocycles. The topological polar surface area (TPSA) is 47.1 Å². The van der Waals surface area contributed by atoms with Crippen LogP contribution in [0.3, 0.4) is 0 Å². The van der Waals surface area contributed by atoms with Gasteiger partial charge in [-0.1, -0.05) is 18.9 Å². The highest BCUT2D eigenvalue weighted by Crippen LogP contribution is 2.36. The molecule has 3 rings (SSSR count). The summed E-state index contributed by atoms with van der Waals surface area (Å²) in [4.78, 5) is 6.89. The van der Waals surface area contributed by atoms with E-state index in [1.807, 2.05) is 0 Å². The number of hydrogen-bond acceptors (Lipinski definition) is 3. The van der Waals surface area contributed by atoms with Crippen molar-refractivity contribution < 1.29 is 0 Å². The highest BCUT2D eigenvalue weighted by Gasteiger charge is 2.37. The number of nitrogen functional groups attached to an aromatic ring is 1. The van der Waals surface area contributed by atoms with Crippen LogP contribution in [-0.4, -0.2) is 34.1 Å². The average Bonchev–Trinajstić information content (AvgIpc) is 2.98. The molecule has 4 heteroatoms. The Morgan fingerprint density at radius 3 is 2.65 bits per heavy atom. The van der Waals surface area contributed by atoms with E-state index in [9.17, 15) is 0 Å². The molecule has 20 heavy (non-hydrogen) atoms. The summed E-state index contributed by atoms with van der Waals surface area (Å²) in [5.41, 5.74) is 9.82.